The van der Waals surface area contributed by atoms with Crippen LogP contribution in [-0.2, 0) is 0 Å². The summed E-state index contributed by atoms with van der Waals surface area (Å²) >= 11 is 0. The van der Waals surface area contributed by atoms with Crippen LogP contribution in [-0.4, -0.2) is 11.7 Å². The predicted octanol–water partition coefficient (Wildman–Crippen LogP) is 2.47. The lowest BCUT2D eigenvalue weighted by Gasteiger charge is -2.10. The molecule has 17 heavy (non-hydrogen) atoms. The van der Waals surface area contributed by atoms with Crippen LogP contribution in [0.25, 0.3) is 0 Å². The topological polar surface area (TPSA) is 55.5 Å². The maximum atomic E-state index is 9.64. The molecule has 0 spiro atoms. The van der Waals surface area contributed by atoms with Crippen molar-refractivity contribution in [2.45, 2.75) is 6.10 Å². The van der Waals surface area contributed by atoms with E-state index in [0.29, 0.717) is 5.75 Å². The van der Waals surface area contributed by atoms with Gasteiger partial charge in [-0.15, -0.1) is 0 Å². The minimum absolute atomic E-state index is 0.203. The lowest BCUT2D eigenvalue weighted by Crippen LogP contribution is -2.11. The molecule has 0 aliphatic carbocycles. The van der Waals surface area contributed by atoms with Crippen molar-refractivity contribution in [3.8, 4) is 11.5 Å². The van der Waals surface area contributed by atoms with Gasteiger partial charge in [0.2, 0.25) is 0 Å². The first-order chi connectivity index (χ1) is 8.29. The average Bonchev–Trinajstić information content (AvgIpc) is 2.39. The quantitative estimate of drug-likeness (QED) is 0.846. The Hall–Kier alpha value is -1.84. The maximum Gasteiger partial charge on any atom is 0.127 e. The number of ether oxygens (including phenoxy) is 1. The van der Waals surface area contributed by atoms with Gasteiger partial charge in [-0.05, 0) is 29.8 Å². The van der Waals surface area contributed by atoms with Crippen LogP contribution in [0.1, 0.15) is 11.7 Å². The fraction of sp³-hybridized carbons (Fsp3) is 0.143. The number of nitrogens with two attached hydrogens (primary N) is 1. The highest BCUT2D eigenvalue weighted by molar-refractivity contribution is 5.34. The van der Waals surface area contributed by atoms with Crippen LogP contribution in [0.5, 0.6) is 11.5 Å². The Labute approximate surface area is 100 Å². The molecule has 3 nitrogen and oxygen atoms in total. The third-order valence-corrected chi connectivity index (χ3v) is 2.45. The Bertz CT molecular complexity index is 471. The number of aliphatic hydroxyl groups is 1. The molecule has 0 aromatic heterocycles. The Morgan fingerprint density at radius 2 is 1.71 bits per heavy atom. The highest BCUT2D eigenvalue weighted by Gasteiger charge is 2.06. The van der Waals surface area contributed by atoms with Crippen molar-refractivity contribution >= 4 is 0 Å². The summed E-state index contributed by atoms with van der Waals surface area (Å²) in [6, 6.07) is 16.8. The summed E-state index contributed by atoms with van der Waals surface area (Å²) in [4.78, 5) is 0. The largest absolute Gasteiger partial charge is 0.457 e. The van der Waals surface area contributed by atoms with Gasteiger partial charge in [0.25, 0.3) is 0 Å². The Morgan fingerprint density at radius 1 is 1.00 bits per heavy atom. The van der Waals surface area contributed by atoms with Gasteiger partial charge in [0.1, 0.15) is 11.5 Å². The van der Waals surface area contributed by atoms with Crippen LogP contribution >= 0.6 is 0 Å². The van der Waals surface area contributed by atoms with Gasteiger partial charge >= 0.3 is 0 Å². The summed E-state index contributed by atoms with van der Waals surface area (Å²) in [7, 11) is 0. The number of benzene rings is 2. The molecule has 0 bridgehead atoms. The van der Waals surface area contributed by atoms with Crippen LogP contribution in [0, 0.1) is 0 Å². The summed E-state index contributed by atoms with van der Waals surface area (Å²) < 4.78 is 5.66. The normalized spacial score (nSPS) is 12.1. The molecule has 2 rings (SSSR count). The van der Waals surface area contributed by atoms with Crippen LogP contribution in [0.15, 0.2) is 54.6 Å². The summed E-state index contributed by atoms with van der Waals surface area (Å²) in [5.41, 5.74) is 6.18. The van der Waals surface area contributed by atoms with Crippen molar-refractivity contribution in [3.63, 3.8) is 0 Å². The first kappa shape index (κ1) is 11.6. The zero-order valence-electron chi connectivity index (χ0n) is 9.41. The predicted molar refractivity (Wildman–Crippen MR) is 67.0 cm³/mol. The second-order valence-electron chi connectivity index (χ2n) is 3.74. The summed E-state index contributed by atoms with van der Waals surface area (Å²) in [6.45, 7) is 0.203. The third-order valence-electron chi connectivity index (χ3n) is 2.45. The van der Waals surface area contributed by atoms with E-state index in [4.69, 9.17) is 10.5 Å². The van der Waals surface area contributed by atoms with Crippen LogP contribution in [0.4, 0.5) is 0 Å². The molecule has 0 aliphatic rings. The fourth-order valence-electron chi connectivity index (χ4n) is 1.55. The first-order valence-electron chi connectivity index (χ1n) is 5.50. The molecule has 0 heterocycles. The SMILES string of the molecule is NC[C@H](O)c1cccc(Oc2ccccc2)c1. The molecule has 88 valence electrons. The van der Waals surface area contributed by atoms with E-state index in [-0.39, 0.29) is 6.54 Å². The molecule has 1 atom stereocenters. The summed E-state index contributed by atoms with van der Waals surface area (Å²) in [5, 5.41) is 9.64. The minimum atomic E-state index is -0.644. The number of aliphatic hydroxyl groups excluding tert-OH is 1. The van der Waals surface area contributed by atoms with E-state index in [0.717, 1.165) is 11.3 Å². The van der Waals surface area contributed by atoms with Gasteiger partial charge < -0.3 is 15.6 Å². The number of rotatable bonds is 4. The standard InChI is InChI=1S/C14H15NO2/c15-10-14(16)11-5-4-8-13(9-11)17-12-6-2-1-3-7-12/h1-9,14,16H,10,15H2/t14-/m0/s1. The lowest BCUT2D eigenvalue weighted by molar-refractivity contribution is 0.186. The van der Waals surface area contributed by atoms with Gasteiger partial charge in [0, 0.05) is 6.54 Å². The van der Waals surface area contributed by atoms with Crippen molar-refractivity contribution in [3.05, 3.63) is 60.2 Å². The molecule has 0 fully saturated rings. The van der Waals surface area contributed by atoms with E-state index >= 15 is 0 Å². The molecule has 0 amide bonds. The van der Waals surface area contributed by atoms with E-state index in [1.807, 2.05) is 48.5 Å². The molecule has 0 saturated heterocycles. The molecule has 0 unspecified atom stereocenters. The van der Waals surface area contributed by atoms with Gasteiger partial charge in [0.15, 0.2) is 0 Å². The maximum absolute atomic E-state index is 9.64. The third kappa shape index (κ3) is 3.06. The Balaban J connectivity index is 2.17. The summed E-state index contributed by atoms with van der Waals surface area (Å²) in [5.74, 6) is 1.47. The Kier molecular flexibility index (Phi) is 3.75. The second-order valence-corrected chi connectivity index (χ2v) is 3.74. The molecule has 0 radical (unpaired) electrons. The molecule has 2 aromatic carbocycles. The zero-order chi connectivity index (χ0) is 12.1. The van der Waals surface area contributed by atoms with E-state index in [1.54, 1.807) is 6.07 Å². The van der Waals surface area contributed by atoms with Crippen molar-refractivity contribution in [1.29, 1.82) is 0 Å². The molecular weight excluding hydrogens is 214 g/mol. The van der Waals surface area contributed by atoms with Crippen LogP contribution in [0.2, 0.25) is 0 Å². The molecule has 0 aliphatic heterocycles. The molecule has 2 aromatic rings. The molecular formula is C14H15NO2. The van der Waals surface area contributed by atoms with E-state index in [2.05, 4.69) is 0 Å². The molecule has 3 N–H and O–H groups in total. The summed E-state index contributed by atoms with van der Waals surface area (Å²) in [6.07, 6.45) is -0.644. The van der Waals surface area contributed by atoms with E-state index in [1.165, 1.54) is 0 Å². The van der Waals surface area contributed by atoms with Crippen molar-refractivity contribution < 1.29 is 9.84 Å². The Morgan fingerprint density at radius 3 is 2.41 bits per heavy atom. The van der Waals surface area contributed by atoms with E-state index < -0.39 is 6.10 Å². The van der Waals surface area contributed by atoms with Crippen LogP contribution in [0.3, 0.4) is 0 Å². The average molecular weight is 229 g/mol. The smallest absolute Gasteiger partial charge is 0.127 e. The number of para-hydroxylation sites is 1. The van der Waals surface area contributed by atoms with Crippen molar-refractivity contribution in [2.24, 2.45) is 5.73 Å². The van der Waals surface area contributed by atoms with Crippen LogP contribution < -0.4 is 10.5 Å². The molecule has 3 heteroatoms. The van der Waals surface area contributed by atoms with Crippen molar-refractivity contribution in [2.75, 3.05) is 6.54 Å². The minimum Gasteiger partial charge on any atom is -0.457 e. The van der Waals surface area contributed by atoms with E-state index in [9.17, 15) is 5.11 Å². The van der Waals surface area contributed by atoms with Gasteiger partial charge in [-0.25, -0.2) is 0 Å². The number of hydrogen-bond acceptors (Lipinski definition) is 3. The van der Waals surface area contributed by atoms with Gasteiger partial charge in [-0.1, -0.05) is 30.3 Å². The fourth-order valence-corrected chi connectivity index (χ4v) is 1.55. The zero-order valence-corrected chi connectivity index (χ0v) is 9.41. The van der Waals surface area contributed by atoms with Crippen molar-refractivity contribution in [1.82, 2.24) is 0 Å². The first-order valence-corrected chi connectivity index (χ1v) is 5.50. The molecule has 0 saturated carbocycles. The highest BCUT2D eigenvalue weighted by Crippen LogP contribution is 2.23. The van der Waals surface area contributed by atoms with Gasteiger partial charge in [-0.3, -0.25) is 0 Å². The van der Waals surface area contributed by atoms with Gasteiger partial charge in [-0.2, -0.15) is 0 Å². The highest BCUT2D eigenvalue weighted by atomic mass is 16.5. The monoisotopic (exact) mass is 229 g/mol. The second kappa shape index (κ2) is 5.48. The lowest BCUT2D eigenvalue weighted by atomic mass is 10.1. The van der Waals surface area contributed by atoms with Gasteiger partial charge in [0.05, 0.1) is 6.10 Å². The number of hydrogen-bond donors (Lipinski definition) is 2.